The molecule has 1 atom stereocenters. The van der Waals surface area contributed by atoms with Gasteiger partial charge in [-0.2, -0.15) is 5.06 Å². The molecule has 2 N–H and O–H groups in total. The molecule has 0 bridgehead atoms. The molecule has 0 saturated heterocycles. The normalized spacial score (nSPS) is 13.2. The van der Waals surface area contributed by atoms with Crippen LogP contribution in [0.15, 0.2) is 45.5 Å². The fraction of sp³-hybridized carbons (Fsp3) is 0.375. The highest BCUT2D eigenvalue weighted by molar-refractivity contribution is 8.01. The summed E-state index contributed by atoms with van der Waals surface area (Å²) in [6, 6.07) is 12.3. The van der Waals surface area contributed by atoms with E-state index in [1.165, 1.54) is 14.0 Å². The lowest BCUT2D eigenvalue weighted by atomic mass is 10.1. The molecule has 21 heavy (non-hydrogen) atoms. The predicted octanol–water partition coefficient (Wildman–Crippen LogP) is 3.48. The topological polar surface area (TPSA) is 33.9 Å². The average molecular weight is 324 g/mol. The van der Waals surface area contributed by atoms with Gasteiger partial charge in [0.1, 0.15) is 17.8 Å². The van der Waals surface area contributed by atoms with Gasteiger partial charge < -0.3 is 4.74 Å². The summed E-state index contributed by atoms with van der Waals surface area (Å²) in [5.74, 6) is 0.871. The van der Waals surface area contributed by atoms with Crippen molar-refractivity contribution < 1.29 is 15.0 Å². The number of quaternary nitrogens is 1. The minimum atomic E-state index is -0.159. The molecule has 0 radical (unpaired) electrons. The molecule has 2 aromatic rings. The molecular weight excluding hydrogens is 302 g/mol. The van der Waals surface area contributed by atoms with Crippen LogP contribution in [0, 0.1) is 0 Å². The van der Waals surface area contributed by atoms with Gasteiger partial charge in [-0.3, -0.25) is 0 Å². The molecule has 0 aliphatic rings. The van der Waals surface area contributed by atoms with Crippen molar-refractivity contribution in [3.8, 4) is 5.75 Å². The van der Waals surface area contributed by atoms with Crippen molar-refractivity contribution in [1.82, 2.24) is 0 Å². The van der Waals surface area contributed by atoms with Gasteiger partial charge in [0.15, 0.2) is 0 Å². The first kappa shape index (κ1) is 16.4. The van der Waals surface area contributed by atoms with Crippen LogP contribution in [0.4, 0.5) is 0 Å². The molecule has 0 amide bonds. The van der Waals surface area contributed by atoms with Gasteiger partial charge in [0, 0.05) is 4.90 Å². The monoisotopic (exact) mass is 324 g/mol. The van der Waals surface area contributed by atoms with Gasteiger partial charge in [-0.15, -0.1) is 11.3 Å². The van der Waals surface area contributed by atoms with E-state index in [1.54, 1.807) is 30.2 Å². The fourth-order valence-corrected chi connectivity index (χ4v) is 3.85. The van der Waals surface area contributed by atoms with Gasteiger partial charge in [0.2, 0.25) is 0 Å². The first-order valence-corrected chi connectivity index (χ1v) is 8.47. The number of benzene rings is 1. The van der Waals surface area contributed by atoms with Crippen LogP contribution < -0.4 is 9.80 Å². The third-order valence-corrected chi connectivity index (χ3v) is 5.35. The van der Waals surface area contributed by atoms with Crippen LogP contribution in [0.25, 0.3) is 0 Å². The summed E-state index contributed by atoms with van der Waals surface area (Å²) in [6.07, 6.45) is 0. The minimum Gasteiger partial charge on any atom is -0.497 e. The maximum Gasteiger partial charge on any atom is 0.142 e. The van der Waals surface area contributed by atoms with Crippen molar-refractivity contribution in [2.75, 3.05) is 7.11 Å². The smallest absolute Gasteiger partial charge is 0.142 e. The maximum atomic E-state index is 10.1. The summed E-state index contributed by atoms with van der Waals surface area (Å²) in [5.41, 5.74) is -0.159. The lowest BCUT2D eigenvalue weighted by Crippen LogP contribution is -3.15. The van der Waals surface area contributed by atoms with Crippen molar-refractivity contribution in [3.05, 3.63) is 41.3 Å². The highest BCUT2D eigenvalue weighted by Gasteiger charge is 2.24. The Hall–Kier alpha value is -1.01. The highest BCUT2D eigenvalue weighted by atomic mass is 32.2. The van der Waals surface area contributed by atoms with Crippen LogP contribution in [0.2, 0.25) is 0 Å². The molecule has 1 unspecified atom stereocenters. The summed E-state index contributed by atoms with van der Waals surface area (Å²) in [4.78, 5) is 2.38. The van der Waals surface area contributed by atoms with Crippen LogP contribution >= 0.6 is 23.1 Å². The van der Waals surface area contributed by atoms with Crippen molar-refractivity contribution in [2.24, 2.45) is 0 Å². The molecule has 2 rings (SSSR count). The third kappa shape index (κ3) is 4.74. The Labute approximate surface area is 134 Å². The summed E-state index contributed by atoms with van der Waals surface area (Å²) in [5, 5.41) is 10.6. The standard InChI is InChI=1S/C16H21NO2S2/c1-16(2,3)17(18)11-14-9-10-15(21-14)20-13-7-5-12(19-4)6-8-13/h5-10,18H,11H2,1-4H3/p+1. The number of hydrogen-bond acceptors (Lipinski definition) is 4. The molecular formula is C16H22NO2S2+. The van der Waals surface area contributed by atoms with Crippen LogP contribution in [0.1, 0.15) is 25.6 Å². The number of methoxy groups -OCH3 is 1. The van der Waals surface area contributed by atoms with Crippen molar-refractivity contribution in [2.45, 2.75) is 42.0 Å². The molecule has 0 saturated carbocycles. The Bertz CT molecular complexity index is 573. The molecule has 0 aliphatic carbocycles. The maximum absolute atomic E-state index is 10.1. The number of hydroxylamine groups is 2. The first-order valence-electron chi connectivity index (χ1n) is 6.84. The molecule has 3 nitrogen and oxygen atoms in total. The highest BCUT2D eigenvalue weighted by Crippen LogP contribution is 2.34. The molecule has 0 fully saturated rings. The van der Waals surface area contributed by atoms with E-state index < -0.39 is 0 Å². The predicted molar refractivity (Wildman–Crippen MR) is 87.6 cm³/mol. The van der Waals surface area contributed by atoms with E-state index in [1.807, 2.05) is 32.9 Å². The van der Waals surface area contributed by atoms with Crippen LogP contribution in [0.3, 0.4) is 0 Å². The fourth-order valence-electron chi connectivity index (χ4n) is 1.70. The second-order valence-electron chi connectivity index (χ2n) is 5.87. The SMILES string of the molecule is COc1ccc(Sc2ccc(C[NH+](O)C(C)(C)C)s2)cc1. The second kappa shape index (κ2) is 6.83. The Kier molecular flexibility index (Phi) is 5.32. The quantitative estimate of drug-likeness (QED) is 0.826. The van der Waals surface area contributed by atoms with Crippen LogP contribution in [0.5, 0.6) is 5.75 Å². The summed E-state index contributed by atoms with van der Waals surface area (Å²) in [7, 11) is 1.67. The van der Waals surface area contributed by atoms with Gasteiger partial charge >= 0.3 is 0 Å². The Balaban J connectivity index is 1.99. The van der Waals surface area contributed by atoms with E-state index >= 15 is 0 Å². The second-order valence-corrected chi connectivity index (χ2v) is 8.41. The zero-order chi connectivity index (χ0) is 15.5. The van der Waals surface area contributed by atoms with Crippen LogP contribution in [-0.4, -0.2) is 17.9 Å². The Morgan fingerprint density at radius 1 is 1.14 bits per heavy atom. The van der Waals surface area contributed by atoms with Crippen molar-refractivity contribution in [1.29, 1.82) is 0 Å². The number of hydrogen-bond donors (Lipinski definition) is 2. The molecule has 114 valence electrons. The average Bonchev–Trinajstić information content (AvgIpc) is 2.86. The Morgan fingerprint density at radius 2 is 1.81 bits per heavy atom. The Morgan fingerprint density at radius 3 is 2.38 bits per heavy atom. The van der Waals surface area contributed by atoms with E-state index in [0.717, 1.165) is 5.75 Å². The zero-order valence-electron chi connectivity index (χ0n) is 12.8. The number of thiophene rings is 1. The molecule has 1 aromatic heterocycles. The van der Waals surface area contributed by atoms with E-state index in [-0.39, 0.29) is 5.54 Å². The number of ether oxygens (including phenoxy) is 1. The van der Waals surface area contributed by atoms with Gasteiger partial charge in [-0.1, -0.05) is 11.8 Å². The molecule has 5 heteroatoms. The minimum absolute atomic E-state index is 0.159. The summed E-state index contributed by atoms with van der Waals surface area (Å²) >= 11 is 3.47. The van der Waals surface area contributed by atoms with E-state index in [0.29, 0.717) is 11.6 Å². The lowest BCUT2D eigenvalue weighted by molar-refractivity contribution is -1.13. The molecule has 0 spiro atoms. The molecule has 1 aromatic carbocycles. The molecule has 0 aliphatic heterocycles. The van der Waals surface area contributed by atoms with E-state index in [9.17, 15) is 5.21 Å². The van der Waals surface area contributed by atoms with E-state index in [4.69, 9.17) is 4.74 Å². The number of nitrogens with one attached hydrogen (secondary N) is 1. The lowest BCUT2D eigenvalue weighted by Gasteiger charge is -2.24. The van der Waals surface area contributed by atoms with Gasteiger partial charge in [0.25, 0.3) is 0 Å². The van der Waals surface area contributed by atoms with Crippen molar-refractivity contribution >= 4 is 23.1 Å². The summed E-state index contributed by atoms with van der Waals surface area (Å²) < 4.78 is 6.40. The largest absolute Gasteiger partial charge is 0.497 e. The van der Waals surface area contributed by atoms with Gasteiger partial charge in [-0.05, 0) is 57.2 Å². The van der Waals surface area contributed by atoms with Gasteiger partial charge in [-0.25, -0.2) is 5.21 Å². The first-order chi connectivity index (χ1) is 9.88. The van der Waals surface area contributed by atoms with Crippen molar-refractivity contribution in [3.63, 3.8) is 0 Å². The zero-order valence-corrected chi connectivity index (χ0v) is 14.5. The molecule has 1 heterocycles. The number of rotatable bonds is 5. The van der Waals surface area contributed by atoms with E-state index in [2.05, 4.69) is 24.3 Å². The van der Waals surface area contributed by atoms with Gasteiger partial charge in [0.05, 0.1) is 16.2 Å². The summed E-state index contributed by atoms with van der Waals surface area (Å²) in [6.45, 7) is 6.73. The van der Waals surface area contributed by atoms with Crippen LogP contribution in [-0.2, 0) is 6.54 Å². The third-order valence-electron chi connectivity index (χ3n) is 3.12.